The molecule has 0 heterocycles. The summed E-state index contributed by atoms with van der Waals surface area (Å²) in [5, 5.41) is 9.43. The number of aromatic hydroxyl groups is 1. The normalized spacial score (nSPS) is 10.2. The zero-order valence-electron chi connectivity index (χ0n) is 9.80. The minimum Gasteiger partial charge on any atom is -0.508 e. The van der Waals surface area contributed by atoms with Gasteiger partial charge in [0.1, 0.15) is 5.75 Å². The van der Waals surface area contributed by atoms with Crippen molar-refractivity contribution in [2.45, 2.75) is 6.54 Å². The Morgan fingerprint density at radius 3 is 2.59 bits per heavy atom. The summed E-state index contributed by atoms with van der Waals surface area (Å²) in [5.74, 6) is 0.274. The van der Waals surface area contributed by atoms with Crippen LogP contribution in [-0.2, 0) is 6.54 Å². The maximum atomic E-state index is 9.43. The second kappa shape index (κ2) is 4.78. The van der Waals surface area contributed by atoms with Crippen molar-refractivity contribution in [3.05, 3.63) is 54.1 Å². The molecular formula is C14H16N2O. The summed E-state index contributed by atoms with van der Waals surface area (Å²) >= 11 is 0. The van der Waals surface area contributed by atoms with Crippen LogP contribution in [0.5, 0.6) is 5.75 Å². The number of rotatable bonds is 3. The minimum absolute atomic E-state index is 0.274. The number of para-hydroxylation sites is 1. The van der Waals surface area contributed by atoms with Gasteiger partial charge in [-0.2, -0.15) is 0 Å². The smallest absolute Gasteiger partial charge is 0.117 e. The third-order valence-corrected chi connectivity index (χ3v) is 2.73. The Kier molecular flexibility index (Phi) is 3.19. The molecule has 0 bridgehead atoms. The highest BCUT2D eigenvalue weighted by Crippen LogP contribution is 2.22. The predicted octanol–water partition coefficient (Wildman–Crippen LogP) is 2.61. The van der Waals surface area contributed by atoms with Crippen LogP contribution in [0.15, 0.2) is 48.5 Å². The number of benzene rings is 2. The molecule has 0 saturated carbocycles. The molecule has 0 fully saturated rings. The van der Waals surface area contributed by atoms with Gasteiger partial charge in [-0.15, -0.1) is 0 Å². The Balaban J connectivity index is 2.17. The molecule has 3 nitrogen and oxygen atoms in total. The van der Waals surface area contributed by atoms with Crippen molar-refractivity contribution in [3.8, 4) is 5.75 Å². The monoisotopic (exact) mass is 228 g/mol. The van der Waals surface area contributed by atoms with Crippen molar-refractivity contribution in [2.75, 3.05) is 17.7 Å². The van der Waals surface area contributed by atoms with Crippen molar-refractivity contribution in [3.63, 3.8) is 0 Å². The lowest BCUT2D eigenvalue weighted by Gasteiger charge is -2.20. The van der Waals surface area contributed by atoms with Crippen LogP contribution in [0.2, 0.25) is 0 Å². The first-order chi connectivity index (χ1) is 8.16. The molecule has 17 heavy (non-hydrogen) atoms. The van der Waals surface area contributed by atoms with Crippen LogP contribution in [0.25, 0.3) is 0 Å². The topological polar surface area (TPSA) is 49.5 Å². The highest BCUT2D eigenvalue weighted by Gasteiger charge is 2.04. The summed E-state index contributed by atoms with van der Waals surface area (Å²) in [6, 6.07) is 15.0. The summed E-state index contributed by atoms with van der Waals surface area (Å²) in [5.41, 5.74) is 8.74. The lowest BCUT2D eigenvalue weighted by molar-refractivity contribution is 0.475. The third kappa shape index (κ3) is 2.69. The highest BCUT2D eigenvalue weighted by atomic mass is 16.3. The van der Waals surface area contributed by atoms with Gasteiger partial charge in [0, 0.05) is 31.0 Å². The van der Waals surface area contributed by atoms with Gasteiger partial charge in [0.05, 0.1) is 0 Å². The largest absolute Gasteiger partial charge is 0.508 e. The van der Waals surface area contributed by atoms with E-state index < -0.39 is 0 Å². The van der Waals surface area contributed by atoms with E-state index in [-0.39, 0.29) is 5.75 Å². The Morgan fingerprint density at radius 1 is 1.12 bits per heavy atom. The van der Waals surface area contributed by atoms with E-state index in [1.165, 1.54) is 0 Å². The van der Waals surface area contributed by atoms with E-state index in [0.29, 0.717) is 0 Å². The molecule has 2 aromatic carbocycles. The summed E-state index contributed by atoms with van der Waals surface area (Å²) in [6.45, 7) is 0.718. The van der Waals surface area contributed by atoms with Crippen LogP contribution in [0.1, 0.15) is 5.56 Å². The van der Waals surface area contributed by atoms with E-state index >= 15 is 0 Å². The zero-order chi connectivity index (χ0) is 12.3. The second-order valence-electron chi connectivity index (χ2n) is 4.07. The number of anilines is 2. The number of hydrogen-bond donors (Lipinski definition) is 2. The van der Waals surface area contributed by atoms with Crippen LogP contribution in [0.4, 0.5) is 11.4 Å². The van der Waals surface area contributed by atoms with Gasteiger partial charge in [-0.1, -0.05) is 24.3 Å². The standard InChI is InChI=1S/C14H16N2O/c1-16(12-6-4-7-13(17)9-12)10-11-5-2-3-8-14(11)15/h2-9,17H,10,15H2,1H3. The van der Waals surface area contributed by atoms with Crippen molar-refractivity contribution >= 4 is 11.4 Å². The Bertz CT molecular complexity index is 511. The first-order valence-electron chi connectivity index (χ1n) is 5.50. The fraction of sp³-hybridized carbons (Fsp3) is 0.143. The molecule has 0 aromatic heterocycles. The third-order valence-electron chi connectivity index (χ3n) is 2.73. The molecule has 0 atom stereocenters. The predicted molar refractivity (Wildman–Crippen MR) is 71.1 cm³/mol. The number of nitrogen functional groups attached to an aromatic ring is 1. The average Bonchev–Trinajstić information content (AvgIpc) is 2.32. The molecule has 0 aliphatic carbocycles. The van der Waals surface area contributed by atoms with E-state index in [0.717, 1.165) is 23.5 Å². The molecule has 0 unspecified atom stereocenters. The molecule has 3 heteroatoms. The molecular weight excluding hydrogens is 212 g/mol. The maximum Gasteiger partial charge on any atom is 0.117 e. The van der Waals surface area contributed by atoms with E-state index in [1.807, 2.05) is 48.3 Å². The number of nitrogens with two attached hydrogens (primary N) is 1. The molecule has 88 valence electrons. The lowest BCUT2D eigenvalue weighted by Crippen LogP contribution is -2.17. The maximum absolute atomic E-state index is 9.43. The van der Waals surface area contributed by atoms with Gasteiger partial charge in [0.25, 0.3) is 0 Å². The molecule has 0 saturated heterocycles. The summed E-state index contributed by atoms with van der Waals surface area (Å²) < 4.78 is 0. The van der Waals surface area contributed by atoms with E-state index in [9.17, 15) is 5.11 Å². The van der Waals surface area contributed by atoms with Gasteiger partial charge >= 0.3 is 0 Å². The SMILES string of the molecule is CN(Cc1ccccc1N)c1cccc(O)c1. The van der Waals surface area contributed by atoms with E-state index in [2.05, 4.69) is 0 Å². The van der Waals surface area contributed by atoms with Gasteiger partial charge in [-0.05, 0) is 23.8 Å². The van der Waals surface area contributed by atoms with E-state index in [1.54, 1.807) is 12.1 Å². The highest BCUT2D eigenvalue weighted by molar-refractivity contribution is 5.53. The number of phenols is 1. The summed E-state index contributed by atoms with van der Waals surface area (Å²) in [4.78, 5) is 2.05. The summed E-state index contributed by atoms with van der Waals surface area (Å²) in [6.07, 6.45) is 0. The zero-order valence-corrected chi connectivity index (χ0v) is 9.80. The van der Waals surface area contributed by atoms with Crippen LogP contribution >= 0.6 is 0 Å². The van der Waals surface area contributed by atoms with Crippen molar-refractivity contribution in [1.29, 1.82) is 0 Å². The lowest BCUT2D eigenvalue weighted by atomic mass is 10.1. The van der Waals surface area contributed by atoms with Crippen LogP contribution in [-0.4, -0.2) is 12.2 Å². The molecule has 0 aliphatic rings. The van der Waals surface area contributed by atoms with Crippen LogP contribution < -0.4 is 10.6 Å². The fourth-order valence-corrected chi connectivity index (χ4v) is 1.76. The van der Waals surface area contributed by atoms with Gasteiger partial charge in [0.15, 0.2) is 0 Å². The molecule has 2 aromatic rings. The van der Waals surface area contributed by atoms with Crippen LogP contribution in [0.3, 0.4) is 0 Å². The molecule has 0 radical (unpaired) electrons. The second-order valence-corrected chi connectivity index (χ2v) is 4.07. The molecule has 0 aliphatic heterocycles. The van der Waals surface area contributed by atoms with Crippen LogP contribution in [0, 0.1) is 0 Å². The first kappa shape index (κ1) is 11.3. The fourth-order valence-electron chi connectivity index (χ4n) is 1.76. The van der Waals surface area contributed by atoms with Gasteiger partial charge < -0.3 is 15.7 Å². The van der Waals surface area contributed by atoms with Gasteiger partial charge in [-0.3, -0.25) is 0 Å². The van der Waals surface area contributed by atoms with Crippen molar-refractivity contribution < 1.29 is 5.11 Å². The molecule has 2 rings (SSSR count). The molecule has 3 N–H and O–H groups in total. The Labute approximate surface area is 101 Å². The Hall–Kier alpha value is -2.16. The van der Waals surface area contributed by atoms with E-state index in [4.69, 9.17) is 5.73 Å². The number of phenolic OH excluding ortho intramolecular Hbond substituents is 1. The summed E-state index contributed by atoms with van der Waals surface area (Å²) in [7, 11) is 1.97. The van der Waals surface area contributed by atoms with Gasteiger partial charge in [0.2, 0.25) is 0 Å². The molecule has 0 spiro atoms. The molecule has 0 amide bonds. The van der Waals surface area contributed by atoms with Crippen molar-refractivity contribution in [2.24, 2.45) is 0 Å². The Morgan fingerprint density at radius 2 is 1.88 bits per heavy atom. The van der Waals surface area contributed by atoms with Gasteiger partial charge in [-0.25, -0.2) is 0 Å². The number of nitrogens with zero attached hydrogens (tertiary/aromatic N) is 1. The van der Waals surface area contributed by atoms with Crippen molar-refractivity contribution in [1.82, 2.24) is 0 Å². The quantitative estimate of drug-likeness (QED) is 0.794. The minimum atomic E-state index is 0.274. The number of hydrogen-bond acceptors (Lipinski definition) is 3. The average molecular weight is 228 g/mol. The first-order valence-corrected chi connectivity index (χ1v) is 5.50.